The van der Waals surface area contributed by atoms with E-state index in [0.717, 1.165) is 0 Å². The van der Waals surface area contributed by atoms with Gasteiger partial charge in [0.15, 0.2) is 0 Å². The Balaban J connectivity index is 0.000000472. The smallest absolute Gasteiger partial charge is 0.0649 e. The van der Waals surface area contributed by atoms with E-state index in [-0.39, 0.29) is 0 Å². The van der Waals surface area contributed by atoms with Crippen LogP contribution in [0.1, 0.15) is 193 Å². The summed E-state index contributed by atoms with van der Waals surface area (Å²) in [7, 11) is 0. The van der Waals surface area contributed by atoms with Crippen molar-refractivity contribution in [3.63, 3.8) is 0 Å². The second-order valence-electron chi connectivity index (χ2n) is 11.7. The minimum atomic E-state index is 0.617. The Kier molecular flexibility index (Phi) is 34.9. The Bertz CT molecular complexity index is 260. The zero-order valence-corrected chi connectivity index (χ0v) is 25.6. The first-order chi connectivity index (χ1) is 18.4. The summed E-state index contributed by atoms with van der Waals surface area (Å²) < 4.78 is 4.90. The Labute approximate surface area is 235 Å². The molecular weight excluding hydrogens is 448 g/mol. The average Bonchev–Trinajstić information content (AvgIpc) is 2.95. The van der Waals surface area contributed by atoms with E-state index in [1.165, 1.54) is 193 Å². The fourth-order valence-corrected chi connectivity index (χ4v) is 5.54. The van der Waals surface area contributed by atoms with Gasteiger partial charge in [0.1, 0.15) is 0 Å². The predicted octanol–water partition coefficient (Wildman–Crippen LogP) is 13.1. The molecule has 3 saturated carbocycles. The third-order valence-electron chi connectivity index (χ3n) is 7.97. The van der Waals surface area contributed by atoms with Crippen LogP contribution in [0.15, 0.2) is 25.3 Å². The maximum absolute atomic E-state index is 4.90. The fraction of sp³-hybridized carbons (Fsp3) is 0.889. The summed E-state index contributed by atoms with van der Waals surface area (Å²) in [6.45, 7) is 8.18. The summed E-state index contributed by atoms with van der Waals surface area (Å²) >= 11 is 0. The van der Waals surface area contributed by atoms with Crippen molar-refractivity contribution in [1.29, 1.82) is 0 Å². The molecule has 3 aliphatic rings. The maximum Gasteiger partial charge on any atom is 0.0649 e. The van der Waals surface area contributed by atoms with Crippen molar-refractivity contribution >= 4 is 0 Å². The third kappa shape index (κ3) is 35.4. The van der Waals surface area contributed by atoms with Gasteiger partial charge in [-0.2, -0.15) is 0 Å². The molecule has 37 heavy (non-hydrogen) atoms. The van der Waals surface area contributed by atoms with Crippen LogP contribution in [0.4, 0.5) is 0 Å². The lowest BCUT2D eigenvalue weighted by Gasteiger charge is -2.05. The summed E-state index contributed by atoms with van der Waals surface area (Å²) in [5, 5.41) is 0. The molecule has 0 aromatic heterocycles. The second kappa shape index (κ2) is 35.4. The van der Waals surface area contributed by atoms with Gasteiger partial charge in [-0.25, -0.2) is 0 Å². The quantitative estimate of drug-likeness (QED) is 0.265. The van der Waals surface area contributed by atoms with Crippen molar-refractivity contribution < 1.29 is 4.74 Å². The van der Waals surface area contributed by atoms with Crippen LogP contribution in [-0.2, 0) is 4.74 Å². The molecule has 0 atom stereocenters. The first-order valence-corrected chi connectivity index (χ1v) is 17.2. The molecule has 0 aromatic rings. The number of ether oxygens (including phenoxy) is 1. The molecule has 3 aliphatic carbocycles. The van der Waals surface area contributed by atoms with Crippen LogP contribution in [0, 0.1) is 0 Å². The van der Waals surface area contributed by atoms with Gasteiger partial charge in [0.05, 0.1) is 13.2 Å². The highest BCUT2D eigenvalue weighted by Crippen LogP contribution is 2.17. The van der Waals surface area contributed by atoms with Gasteiger partial charge in [-0.05, 0) is 0 Å². The third-order valence-corrected chi connectivity index (χ3v) is 7.97. The summed E-state index contributed by atoms with van der Waals surface area (Å²) in [5.74, 6) is 0. The van der Waals surface area contributed by atoms with E-state index < -0.39 is 0 Å². The second-order valence-corrected chi connectivity index (χ2v) is 11.7. The molecule has 0 N–H and O–H groups in total. The first-order valence-electron chi connectivity index (χ1n) is 17.2. The van der Waals surface area contributed by atoms with Crippen LogP contribution in [0.5, 0.6) is 0 Å². The lowest BCUT2D eigenvalue weighted by molar-refractivity contribution is 0.194. The zero-order valence-electron chi connectivity index (χ0n) is 25.6. The Morgan fingerprint density at radius 3 is 0.459 bits per heavy atom. The molecule has 1 heteroatoms. The molecule has 0 spiro atoms. The molecule has 0 saturated heterocycles. The lowest BCUT2D eigenvalue weighted by atomic mass is 10.0. The molecule has 0 amide bonds. The summed E-state index contributed by atoms with van der Waals surface area (Å²) in [5.41, 5.74) is 0. The van der Waals surface area contributed by atoms with Crippen molar-refractivity contribution in [2.75, 3.05) is 13.2 Å². The molecule has 220 valence electrons. The molecule has 3 rings (SSSR count). The highest BCUT2D eigenvalue weighted by molar-refractivity contribution is 4.68. The van der Waals surface area contributed by atoms with Gasteiger partial charge in [-0.1, -0.05) is 205 Å². The van der Waals surface area contributed by atoms with Crippen LogP contribution in [0.3, 0.4) is 0 Å². The molecule has 0 radical (unpaired) electrons. The Morgan fingerprint density at radius 2 is 0.378 bits per heavy atom. The molecule has 0 unspecified atom stereocenters. The van der Waals surface area contributed by atoms with Crippen LogP contribution in [0.2, 0.25) is 0 Å². The average molecular weight is 519 g/mol. The normalized spacial score (nSPS) is 21.0. The Hall–Kier alpha value is -0.560. The van der Waals surface area contributed by atoms with E-state index in [1.54, 1.807) is 12.2 Å². The van der Waals surface area contributed by atoms with E-state index in [0.29, 0.717) is 13.2 Å². The van der Waals surface area contributed by atoms with Gasteiger partial charge in [0, 0.05) is 0 Å². The number of hydrogen-bond donors (Lipinski definition) is 0. The topological polar surface area (TPSA) is 9.23 Å². The fourth-order valence-electron chi connectivity index (χ4n) is 5.54. The molecule has 0 bridgehead atoms. The molecule has 3 fully saturated rings. The predicted molar refractivity (Wildman–Crippen MR) is 170 cm³/mol. The lowest BCUT2D eigenvalue weighted by Crippen LogP contribution is -1.87. The van der Waals surface area contributed by atoms with Gasteiger partial charge in [-0.3, -0.25) is 0 Å². The van der Waals surface area contributed by atoms with E-state index in [4.69, 9.17) is 4.74 Å². The van der Waals surface area contributed by atoms with Gasteiger partial charge < -0.3 is 4.74 Å². The monoisotopic (exact) mass is 519 g/mol. The maximum atomic E-state index is 4.90. The minimum Gasteiger partial charge on any atom is -0.373 e. The molecule has 1 nitrogen and oxygen atoms in total. The number of rotatable bonds is 4. The van der Waals surface area contributed by atoms with Gasteiger partial charge in [0.25, 0.3) is 0 Å². The van der Waals surface area contributed by atoms with E-state index >= 15 is 0 Å². The van der Waals surface area contributed by atoms with E-state index in [1.807, 2.05) is 0 Å². The standard InChI is InChI=1S/3C10H20.C6H10O/c3*1-2-4-6-8-10-9-7-5-3-1;1-3-5-7-6-4-2/h3*1-10H2;3-4H,1-2,5-6H2. The van der Waals surface area contributed by atoms with Crippen LogP contribution in [-0.4, -0.2) is 13.2 Å². The minimum absolute atomic E-state index is 0.617. The van der Waals surface area contributed by atoms with Crippen molar-refractivity contribution in [2.24, 2.45) is 0 Å². The summed E-state index contributed by atoms with van der Waals surface area (Å²) in [4.78, 5) is 0. The molecular formula is C36H70O. The highest BCUT2D eigenvalue weighted by Gasteiger charge is 1.97. The van der Waals surface area contributed by atoms with Crippen LogP contribution < -0.4 is 0 Å². The van der Waals surface area contributed by atoms with E-state index in [2.05, 4.69) is 13.2 Å². The van der Waals surface area contributed by atoms with Crippen molar-refractivity contribution in [3.8, 4) is 0 Å². The van der Waals surface area contributed by atoms with E-state index in [9.17, 15) is 0 Å². The molecule has 0 heterocycles. The van der Waals surface area contributed by atoms with Crippen molar-refractivity contribution in [2.45, 2.75) is 193 Å². The Morgan fingerprint density at radius 1 is 0.270 bits per heavy atom. The van der Waals surface area contributed by atoms with Crippen LogP contribution >= 0.6 is 0 Å². The van der Waals surface area contributed by atoms with Crippen molar-refractivity contribution in [3.05, 3.63) is 25.3 Å². The summed E-state index contributed by atoms with van der Waals surface area (Å²) in [6.07, 6.45) is 48.4. The van der Waals surface area contributed by atoms with Crippen molar-refractivity contribution in [1.82, 2.24) is 0 Å². The number of hydrogen-bond acceptors (Lipinski definition) is 1. The molecule has 0 aliphatic heterocycles. The zero-order chi connectivity index (χ0) is 26.7. The molecule has 0 aromatic carbocycles. The van der Waals surface area contributed by atoms with Gasteiger partial charge in [-0.15, -0.1) is 13.2 Å². The van der Waals surface area contributed by atoms with Crippen LogP contribution in [0.25, 0.3) is 0 Å². The first kappa shape index (κ1) is 36.4. The summed E-state index contributed by atoms with van der Waals surface area (Å²) in [6, 6.07) is 0. The highest BCUT2D eigenvalue weighted by atomic mass is 16.5. The largest absolute Gasteiger partial charge is 0.373 e. The van der Waals surface area contributed by atoms with Gasteiger partial charge >= 0.3 is 0 Å². The SMILES string of the molecule is C1CCCCCCCCC1.C1CCCCCCCCC1.C1CCCCCCCCC1.C=CCOCC=C. The van der Waals surface area contributed by atoms with Gasteiger partial charge in [0.2, 0.25) is 0 Å².